The molecule has 26 heavy (non-hydrogen) atoms. The SMILES string of the molecule is COc1ccc(N2CCN(C)CC2)cc1NC(=O)c1ccccc1OC. The van der Waals surface area contributed by atoms with Gasteiger partial charge >= 0.3 is 0 Å². The summed E-state index contributed by atoms with van der Waals surface area (Å²) in [6.07, 6.45) is 0. The Bertz CT molecular complexity index is 771. The zero-order chi connectivity index (χ0) is 18.5. The second-order valence-corrected chi connectivity index (χ2v) is 6.33. The van der Waals surface area contributed by atoms with Crippen molar-refractivity contribution in [3.8, 4) is 11.5 Å². The van der Waals surface area contributed by atoms with Gasteiger partial charge in [-0.1, -0.05) is 12.1 Å². The van der Waals surface area contributed by atoms with Crippen LogP contribution in [0.4, 0.5) is 11.4 Å². The Morgan fingerprint density at radius 2 is 1.65 bits per heavy atom. The number of benzene rings is 2. The molecule has 3 rings (SSSR count). The summed E-state index contributed by atoms with van der Waals surface area (Å²) in [6.45, 7) is 3.97. The van der Waals surface area contributed by atoms with Crippen molar-refractivity contribution < 1.29 is 14.3 Å². The van der Waals surface area contributed by atoms with Crippen molar-refractivity contribution in [2.75, 3.05) is 57.7 Å². The third kappa shape index (κ3) is 3.91. The van der Waals surface area contributed by atoms with Gasteiger partial charge in [0.1, 0.15) is 11.5 Å². The maximum atomic E-state index is 12.7. The van der Waals surface area contributed by atoms with Gasteiger partial charge in [0.15, 0.2) is 0 Å². The number of amides is 1. The Balaban J connectivity index is 1.84. The van der Waals surface area contributed by atoms with Gasteiger partial charge in [-0.25, -0.2) is 0 Å². The summed E-state index contributed by atoms with van der Waals surface area (Å²) in [4.78, 5) is 17.4. The largest absolute Gasteiger partial charge is 0.496 e. The number of piperazine rings is 1. The minimum atomic E-state index is -0.226. The summed E-state index contributed by atoms with van der Waals surface area (Å²) >= 11 is 0. The van der Waals surface area contributed by atoms with E-state index < -0.39 is 0 Å². The molecule has 1 aliphatic rings. The van der Waals surface area contributed by atoms with Crippen LogP contribution < -0.4 is 19.7 Å². The summed E-state index contributed by atoms with van der Waals surface area (Å²) in [5.41, 5.74) is 2.22. The predicted molar refractivity (Wildman–Crippen MR) is 104 cm³/mol. The van der Waals surface area contributed by atoms with Crippen LogP contribution in [0, 0.1) is 0 Å². The topological polar surface area (TPSA) is 54.0 Å². The number of para-hydroxylation sites is 1. The zero-order valence-corrected chi connectivity index (χ0v) is 15.5. The van der Waals surface area contributed by atoms with E-state index >= 15 is 0 Å². The van der Waals surface area contributed by atoms with E-state index in [1.54, 1.807) is 26.4 Å². The number of anilines is 2. The quantitative estimate of drug-likeness (QED) is 0.894. The molecular formula is C20H25N3O3. The minimum Gasteiger partial charge on any atom is -0.496 e. The van der Waals surface area contributed by atoms with Crippen LogP contribution in [0.5, 0.6) is 11.5 Å². The van der Waals surface area contributed by atoms with E-state index in [9.17, 15) is 4.79 Å². The van der Waals surface area contributed by atoms with Gasteiger partial charge < -0.3 is 24.6 Å². The number of hydrogen-bond donors (Lipinski definition) is 1. The molecule has 138 valence electrons. The van der Waals surface area contributed by atoms with Crippen molar-refractivity contribution in [2.24, 2.45) is 0 Å². The van der Waals surface area contributed by atoms with Crippen molar-refractivity contribution in [1.29, 1.82) is 0 Å². The van der Waals surface area contributed by atoms with E-state index in [0.717, 1.165) is 31.9 Å². The molecule has 1 amide bonds. The lowest BCUT2D eigenvalue weighted by Gasteiger charge is -2.34. The minimum absolute atomic E-state index is 0.226. The Kier molecular flexibility index (Phi) is 5.63. The number of carbonyl (C=O) groups excluding carboxylic acids is 1. The second-order valence-electron chi connectivity index (χ2n) is 6.33. The van der Waals surface area contributed by atoms with Gasteiger partial charge in [-0.15, -0.1) is 0 Å². The molecule has 1 N–H and O–H groups in total. The van der Waals surface area contributed by atoms with Crippen LogP contribution in [-0.2, 0) is 0 Å². The first kappa shape index (κ1) is 18.1. The number of ether oxygens (including phenoxy) is 2. The van der Waals surface area contributed by atoms with E-state index in [1.165, 1.54) is 0 Å². The molecule has 0 aromatic heterocycles. The lowest BCUT2D eigenvalue weighted by Crippen LogP contribution is -2.44. The summed E-state index contributed by atoms with van der Waals surface area (Å²) < 4.78 is 10.7. The fraction of sp³-hybridized carbons (Fsp3) is 0.350. The Morgan fingerprint density at radius 1 is 0.962 bits per heavy atom. The van der Waals surface area contributed by atoms with Crippen LogP contribution in [-0.4, -0.2) is 58.3 Å². The average molecular weight is 355 g/mol. The second kappa shape index (κ2) is 8.10. The highest BCUT2D eigenvalue weighted by Gasteiger charge is 2.18. The maximum Gasteiger partial charge on any atom is 0.259 e. The van der Waals surface area contributed by atoms with Crippen LogP contribution in [0.1, 0.15) is 10.4 Å². The average Bonchev–Trinajstić information content (AvgIpc) is 2.68. The van der Waals surface area contributed by atoms with E-state index in [0.29, 0.717) is 22.7 Å². The standard InChI is InChI=1S/C20H25N3O3/c1-22-10-12-23(13-11-22)15-8-9-19(26-3)17(14-15)21-20(24)16-6-4-5-7-18(16)25-2/h4-9,14H,10-13H2,1-3H3,(H,21,24). The van der Waals surface area contributed by atoms with Gasteiger partial charge in [0.25, 0.3) is 5.91 Å². The molecule has 0 saturated carbocycles. The molecule has 6 nitrogen and oxygen atoms in total. The van der Waals surface area contributed by atoms with Gasteiger partial charge in [0.2, 0.25) is 0 Å². The fourth-order valence-electron chi connectivity index (χ4n) is 3.08. The smallest absolute Gasteiger partial charge is 0.259 e. The summed E-state index contributed by atoms with van der Waals surface area (Å²) in [5.74, 6) is 0.946. The first-order chi connectivity index (χ1) is 12.6. The molecule has 0 spiro atoms. The molecule has 0 radical (unpaired) electrons. The normalized spacial score (nSPS) is 14.8. The van der Waals surface area contributed by atoms with Crippen LogP contribution in [0.2, 0.25) is 0 Å². The lowest BCUT2D eigenvalue weighted by molar-refractivity contribution is 0.102. The molecule has 0 atom stereocenters. The molecule has 6 heteroatoms. The highest BCUT2D eigenvalue weighted by atomic mass is 16.5. The van der Waals surface area contributed by atoms with Crippen molar-refractivity contribution in [3.05, 3.63) is 48.0 Å². The first-order valence-corrected chi connectivity index (χ1v) is 8.68. The molecular weight excluding hydrogens is 330 g/mol. The van der Waals surface area contributed by atoms with Crippen LogP contribution in [0.25, 0.3) is 0 Å². The van der Waals surface area contributed by atoms with E-state index in [4.69, 9.17) is 9.47 Å². The number of nitrogens with one attached hydrogen (secondary N) is 1. The maximum absolute atomic E-state index is 12.7. The number of hydrogen-bond acceptors (Lipinski definition) is 5. The Labute approximate surface area is 154 Å². The van der Waals surface area contributed by atoms with Gasteiger partial charge in [-0.3, -0.25) is 4.79 Å². The Hall–Kier alpha value is -2.73. The van der Waals surface area contributed by atoms with E-state index in [2.05, 4.69) is 22.2 Å². The number of rotatable bonds is 5. The highest BCUT2D eigenvalue weighted by molar-refractivity contribution is 6.07. The molecule has 1 saturated heterocycles. The zero-order valence-electron chi connectivity index (χ0n) is 15.5. The first-order valence-electron chi connectivity index (χ1n) is 8.68. The molecule has 1 fully saturated rings. The predicted octanol–water partition coefficient (Wildman–Crippen LogP) is 2.71. The third-order valence-corrected chi connectivity index (χ3v) is 4.65. The van der Waals surface area contributed by atoms with Crippen molar-refractivity contribution in [2.45, 2.75) is 0 Å². The van der Waals surface area contributed by atoms with Crippen molar-refractivity contribution >= 4 is 17.3 Å². The Morgan fingerprint density at radius 3 is 2.35 bits per heavy atom. The molecule has 0 unspecified atom stereocenters. The van der Waals surface area contributed by atoms with Gasteiger partial charge in [-0.2, -0.15) is 0 Å². The summed E-state index contributed by atoms with van der Waals surface area (Å²) in [7, 11) is 5.29. The molecule has 1 aliphatic heterocycles. The monoisotopic (exact) mass is 355 g/mol. The van der Waals surface area contributed by atoms with E-state index in [1.807, 2.05) is 30.3 Å². The van der Waals surface area contributed by atoms with Gasteiger partial charge in [0, 0.05) is 31.9 Å². The molecule has 0 aliphatic carbocycles. The fourth-order valence-corrected chi connectivity index (χ4v) is 3.08. The van der Waals surface area contributed by atoms with Crippen LogP contribution in [0.3, 0.4) is 0 Å². The molecule has 2 aromatic rings. The molecule has 2 aromatic carbocycles. The summed E-state index contributed by atoms with van der Waals surface area (Å²) in [5, 5.41) is 2.96. The lowest BCUT2D eigenvalue weighted by atomic mass is 10.1. The highest BCUT2D eigenvalue weighted by Crippen LogP contribution is 2.31. The molecule has 0 bridgehead atoms. The number of likely N-dealkylation sites (N-methyl/N-ethyl adjacent to an activating group) is 1. The number of methoxy groups -OCH3 is 2. The number of nitrogens with zero attached hydrogens (tertiary/aromatic N) is 2. The number of carbonyl (C=O) groups is 1. The molecule has 1 heterocycles. The summed E-state index contributed by atoms with van der Waals surface area (Å²) in [6, 6.07) is 13.1. The van der Waals surface area contributed by atoms with Crippen LogP contribution in [0.15, 0.2) is 42.5 Å². The van der Waals surface area contributed by atoms with Gasteiger partial charge in [0.05, 0.1) is 25.5 Å². The van der Waals surface area contributed by atoms with Crippen molar-refractivity contribution in [3.63, 3.8) is 0 Å². The third-order valence-electron chi connectivity index (χ3n) is 4.65. The van der Waals surface area contributed by atoms with Crippen molar-refractivity contribution in [1.82, 2.24) is 4.90 Å². The van der Waals surface area contributed by atoms with Crippen LogP contribution >= 0.6 is 0 Å². The van der Waals surface area contributed by atoms with Gasteiger partial charge in [-0.05, 0) is 37.4 Å². The van der Waals surface area contributed by atoms with E-state index in [-0.39, 0.29) is 5.91 Å².